The van der Waals surface area contributed by atoms with Gasteiger partial charge in [-0.3, -0.25) is 4.79 Å². The zero-order valence-corrected chi connectivity index (χ0v) is 18.0. The van der Waals surface area contributed by atoms with Gasteiger partial charge in [0.2, 0.25) is 0 Å². The molecular weight excluding hydrogens is 485 g/mol. The molecule has 0 aliphatic rings. The summed E-state index contributed by atoms with van der Waals surface area (Å²) in [5.74, 6) is 1.02. The highest BCUT2D eigenvalue weighted by atomic mass is 127. The lowest BCUT2D eigenvalue weighted by Gasteiger charge is -2.13. The summed E-state index contributed by atoms with van der Waals surface area (Å²) in [6.07, 6.45) is 1.47. The second-order valence-electron chi connectivity index (χ2n) is 5.56. The summed E-state index contributed by atoms with van der Waals surface area (Å²) >= 11 is 2.05. The molecule has 0 spiro atoms. The van der Waals surface area contributed by atoms with E-state index in [4.69, 9.17) is 19.5 Å². The van der Waals surface area contributed by atoms with Gasteiger partial charge in [0, 0.05) is 5.69 Å². The van der Waals surface area contributed by atoms with Crippen molar-refractivity contribution in [1.82, 2.24) is 0 Å². The molecular formula is C21H18IN3O4. The highest BCUT2D eigenvalue weighted by molar-refractivity contribution is 14.1. The van der Waals surface area contributed by atoms with Gasteiger partial charge in [0.15, 0.2) is 18.1 Å². The van der Waals surface area contributed by atoms with Crippen LogP contribution in [0.15, 0.2) is 42.0 Å². The summed E-state index contributed by atoms with van der Waals surface area (Å²) in [6.45, 7) is 2.11. The van der Waals surface area contributed by atoms with Crippen LogP contribution >= 0.6 is 22.6 Å². The van der Waals surface area contributed by atoms with Crippen molar-refractivity contribution in [3.8, 4) is 29.4 Å². The van der Waals surface area contributed by atoms with Crippen LogP contribution in [0.1, 0.15) is 12.5 Å². The van der Waals surface area contributed by atoms with Crippen LogP contribution in [-0.4, -0.2) is 26.2 Å². The van der Waals surface area contributed by atoms with E-state index in [1.54, 1.807) is 43.5 Å². The van der Waals surface area contributed by atoms with Crippen LogP contribution in [0.3, 0.4) is 0 Å². The van der Waals surface area contributed by atoms with Crippen LogP contribution in [0.2, 0.25) is 0 Å². The number of anilines is 1. The normalized spacial score (nSPS) is 10.4. The van der Waals surface area contributed by atoms with E-state index < -0.39 is 5.91 Å². The Kier molecular flexibility index (Phi) is 8.31. The molecule has 0 saturated carbocycles. The van der Waals surface area contributed by atoms with Crippen molar-refractivity contribution in [3.05, 3.63) is 51.1 Å². The number of hydrogen-bond acceptors (Lipinski definition) is 6. The molecule has 0 fully saturated rings. The molecule has 2 aromatic carbocycles. The number of carbonyl (C=O) groups is 1. The van der Waals surface area contributed by atoms with E-state index >= 15 is 0 Å². The molecule has 29 heavy (non-hydrogen) atoms. The Morgan fingerprint density at radius 2 is 1.93 bits per heavy atom. The highest BCUT2D eigenvalue weighted by Crippen LogP contribution is 2.35. The van der Waals surface area contributed by atoms with Crippen LogP contribution in [0, 0.1) is 26.2 Å². The first-order chi connectivity index (χ1) is 14.0. The van der Waals surface area contributed by atoms with Gasteiger partial charge in [0.25, 0.3) is 5.91 Å². The van der Waals surface area contributed by atoms with Crippen LogP contribution in [0.25, 0.3) is 6.08 Å². The van der Waals surface area contributed by atoms with Crippen molar-refractivity contribution in [1.29, 1.82) is 10.5 Å². The van der Waals surface area contributed by atoms with E-state index in [-0.39, 0.29) is 12.2 Å². The molecule has 0 unspecified atom stereocenters. The zero-order chi connectivity index (χ0) is 21.2. The monoisotopic (exact) mass is 503 g/mol. The fraction of sp³-hybridized carbons (Fsp3) is 0.190. The molecule has 0 atom stereocenters. The number of halogens is 1. The van der Waals surface area contributed by atoms with E-state index in [0.29, 0.717) is 38.7 Å². The number of benzene rings is 2. The lowest BCUT2D eigenvalue weighted by Crippen LogP contribution is -2.13. The van der Waals surface area contributed by atoms with Crippen LogP contribution < -0.4 is 19.5 Å². The number of nitrogens with one attached hydrogen (secondary N) is 1. The van der Waals surface area contributed by atoms with Gasteiger partial charge < -0.3 is 19.5 Å². The third-order valence-corrected chi connectivity index (χ3v) is 4.44. The van der Waals surface area contributed by atoms with E-state index in [1.165, 1.54) is 6.08 Å². The fourth-order valence-electron chi connectivity index (χ4n) is 2.37. The standard InChI is InChI=1S/C21H18IN3O4/c1-3-28-19-12-14(11-18(22)20(19)29-9-8-23)10-15(13-24)21(26)25-16-4-6-17(27-2)7-5-16/h4-7,10-12H,3,9H2,1-2H3,(H,25,26)/b15-10+. The summed E-state index contributed by atoms with van der Waals surface area (Å²) in [4.78, 5) is 12.5. The van der Waals surface area contributed by atoms with Crippen molar-refractivity contribution in [2.24, 2.45) is 0 Å². The number of nitriles is 2. The van der Waals surface area contributed by atoms with Gasteiger partial charge in [0.05, 0.1) is 17.3 Å². The second-order valence-corrected chi connectivity index (χ2v) is 6.72. The highest BCUT2D eigenvalue weighted by Gasteiger charge is 2.14. The Labute approximate surface area is 182 Å². The predicted molar refractivity (Wildman–Crippen MR) is 117 cm³/mol. The molecule has 0 bridgehead atoms. The first-order valence-corrected chi connectivity index (χ1v) is 9.63. The molecule has 0 aliphatic carbocycles. The quantitative estimate of drug-likeness (QED) is 0.330. The smallest absolute Gasteiger partial charge is 0.266 e. The molecule has 2 rings (SSSR count). The van der Waals surface area contributed by atoms with Gasteiger partial charge in [-0.2, -0.15) is 10.5 Å². The average molecular weight is 503 g/mol. The minimum Gasteiger partial charge on any atom is -0.497 e. The molecule has 0 aromatic heterocycles. The number of amides is 1. The minimum atomic E-state index is -0.532. The maximum absolute atomic E-state index is 12.5. The first kappa shape index (κ1) is 22.1. The largest absolute Gasteiger partial charge is 0.497 e. The Morgan fingerprint density at radius 3 is 2.52 bits per heavy atom. The van der Waals surface area contributed by atoms with Gasteiger partial charge in [-0.1, -0.05) is 0 Å². The topological polar surface area (TPSA) is 104 Å². The SMILES string of the molecule is CCOc1cc(/C=C(\C#N)C(=O)Nc2ccc(OC)cc2)cc(I)c1OCC#N. The third kappa shape index (κ3) is 6.13. The second kappa shape index (κ2) is 10.9. The van der Waals surface area contributed by atoms with Crippen LogP contribution in [0.4, 0.5) is 5.69 Å². The van der Waals surface area contributed by atoms with Crippen LogP contribution in [0.5, 0.6) is 17.2 Å². The van der Waals surface area contributed by atoms with Crippen molar-refractivity contribution in [2.75, 3.05) is 25.6 Å². The molecule has 0 aliphatic heterocycles. The predicted octanol–water partition coefficient (Wildman–Crippen LogP) is 4.15. The van der Waals surface area contributed by atoms with E-state index in [0.717, 1.165) is 0 Å². The lowest BCUT2D eigenvalue weighted by atomic mass is 10.1. The molecule has 1 amide bonds. The molecule has 0 heterocycles. The lowest BCUT2D eigenvalue weighted by molar-refractivity contribution is -0.112. The average Bonchev–Trinajstić information content (AvgIpc) is 2.72. The van der Waals surface area contributed by atoms with Gasteiger partial charge in [-0.05, 0) is 77.6 Å². The van der Waals surface area contributed by atoms with E-state index in [2.05, 4.69) is 27.9 Å². The van der Waals surface area contributed by atoms with Crippen LogP contribution in [-0.2, 0) is 4.79 Å². The number of nitrogens with zero attached hydrogens (tertiary/aromatic N) is 2. The Morgan fingerprint density at radius 1 is 1.21 bits per heavy atom. The van der Waals surface area contributed by atoms with Crippen molar-refractivity contribution in [3.63, 3.8) is 0 Å². The summed E-state index contributed by atoms with van der Waals surface area (Å²) in [5, 5.41) is 20.9. The molecule has 7 nitrogen and oxygen atoms in total. The van der Waals surface area contributed by atoms with Gasteiger partial charge in [-0.25, -0.2) is 0 Å². The number of methoxy groups -OCH3 is 1. The van der Waals surface area contributed by atoms with Crippen molar-refractivity contribution in [2.45, 2.75) is 6.92 Å². The summed E-state index contributed by atoms with van der Waals surface area (Å²) in [5.41, 5.74) is 1.08. The molecule has 0 saturated heterocycles. The number of ether oxygens (including phenoxy) is 3. The third-order valence-electron chi connectivity index (χ3n) is 3.64. The summed E-state index contributed by atoms with van der Waals surface area (Å²) in [7, 11) is 1.55. The van der Waals surface area contributed by atoms with Crippen molar-refractivity contribution >= 4 is 40.3 Å². The number of hydrogen-bond donors (Lipinski definition) is 1. The first-order valence-electron chi connectivity index (χ1n) is 8.55. The van der Waals surface area contributed by atoms with Gasteiger partial charge >= 0.3 is 0 Å². The summed E-state index contributed by atoms with van der Waals surface area (Å²) < 4.78 is 16.8. The molecule has 148 valence electrons. The Balaban J connectivity index is 2.29. The molecule has 8 heteroatoms. The zero-order valence-electron chi connectivity index (χ0n) is 15.9. The molecule has 0 radical (unpaired) electrons. The molecule has 1 N–H and O–H groups in total. The van der Waals surface area contributed by atoms with Gasteiger partial charge in [-0.15, -0.1) is 0 Å². The van der Waals surface area contributed by atoms with E-state index in [1.807, 2.05) is 19.1 Å². The van der Waals surface area contributed by atoms with E-state index in [9.17, 15) is 10.1 Å². The van der Waals surface area contributed by atoms with Gasteiger partial charge in [0.1, 0.15) is 23.5 Å². The Hall–Kier alpha value is -3.24. The fourth-order valence-corrected chi connectivity index (χ4v) is 3.15. The maximum atomic E-state index is 12.5. The number of rotatable bonds is 8. The summed E-state index contributed by atoms with van der Waals surface area (Å²) in [6, 6.07) is 14.0. The Bertz CT molecular complexity index is 989. The number of carbonyl (C=O) groups excluding carboxylic acids is 1. The minimum absolute atomic E-state index is 0.0650. The maximum Gasteiger partial charge on any atom is 0.266 e. The van der Waals surface area contributed by atoms with Crippen molar-refractivity contribution < 1.29 is 19.0 Å². The molecule has 2 aromatic rings.